The average molecular weight is 364 g/mol. The third-order valence-corrected chi connectivity index (χ3v) is 4.14. The molecular weight excluding hydrogens is 348 g/mol. The molecule has 4 rings (SSSR count). The lowest BCUT2D eigenvalue weighted by Crippen LogP contribution is -2.23. The van der Waals surface area contributed by atoms with Crippen molar-refractivity contribution in [3.05, 3.63) is 59.7 Å². The molecule has 0 atom stereocenters. The quantitative estimate of drug-likeness (QED) is 0.580. The summed E-state index contributed by atoms with van der Waals surface area (Å²) < 4.78 is 16.2. The predicted octanol–water partition coefficient (Wildman–Crippen LogP) is 3.12. The van der Waals surface area contributed by atoms with Crippen LogP contribution in [0.1, 0.15) is 21.8 Å². The number of hydrogen-bond acceptors (Lipinski definition) is 7. The van der Waals surface area contributed by atoms with Crippen molar-refractivity contribution in [1.82, 2.24) is 20.4 Å². The summed E-state index contributed by atoms with van der Waals surface area (Å²) in [6, 6.07) is 9.15. The van der Waals surface area contributed by atoms with Gasteiger partial charge in [0, 0.05) is 29.9 Å². The van der Waals surface area contributed by atoms with Crippen molar-refractivity contribution in [2.45, 2.75) is 13.5 Å². The molecule has 3 aromatic heterocycles. The minimum atomic E-state index is -0.465. The van der Waals surface area contributed by atoms with Crippen LogP contribution in [0.15, 0.2) is 51.7 Å². The third kappa shape index (κ3) is 3.24. The number of furan rings is 1. The Bertz CT molecular complexity index is 1100. The lowest BCUT2D eigenvalue weighted by atomic mass is 10.1. The zero-order valence-corrected chi connectivity index (χ0v) is 14.7. The largest absolute Gasteiger partial charge is 0.497 e. The summed E-state index contributed by atoms with van der Waals surface area (Å²) in [5.41, 5.74) is 2.38. The van der Waals surface area contributed by atoms with Gasteiger partial charge in [0.25, 0.3) is 0 Å². The molecule has 1 N–H and O–H groups in total. The van der Waals surface area contributed by atoms with Gasteiger partial charge in [0.05, 0.1) is 7.11 Å². The number of carbonyl (C=O) groups excluding carboxylic acids is 1. The molecule has 4 aromatic rings. The number of pyridine rings is 1. The highest BCUT2D eigenvalue weighted by atomic mass is 16.5. The number of rotatable bonds is 5. The van der Waals surface area contributed by atoms with E-state index in [1.54, 1.807) is 25.6 Å². The SMILES string of the molecule is COc1ccc2oc(-c3noc(C(=O)NCc4cccnc4)n3)c(C)c2c1. The van der Waals surface area contributed by atoms with Crippen molar-refractivity contribution in [1.29, 1.82) is 0 Å². The smallest absolute Gasteiger partial charge is 0.316 e. The van der Waals surface area contributed by atoms with E-state index in [4.69, 9.17) is 13.7 Å². The molecule has 0 unspecified atom stereocenters. The van der Waals surface area contributed by atoms with Gasteiger partial charge in [-0.25, -0.2) is 0 Å². The number of nitrogens with zero attached hydrogens (tertiary/aromatic N) is 3. The van der Waals surface area contributed by atoms with Gasteiger partial charge in [0.15, 0.2) is 5.76 Å². The van der Waals surface area contributed by atoms with Crippen LogP contribution >= 0.6 is 0 Å². The molecular formula is C19H16N4O4. The molecule has 0 saturated carbocycles. The fraction of sp³-hybridized carbons (Fsp3) is 0.158. The lowest BCUT2D eigenvalue weighted by molar-refractivity contribution is 0.0907. The minimum absolute atomic E-state index is 0.133. The topological polar surface area (TPSA) is 103 Å². The van der Waals surface area contributed by atoms with Crippen LogP contribution in [0.25, 0.3) is 22.6 Å². The number of fused-ring (bicyclic) bond motifs is 1. The van der Waals surface area contributed by atoms with Gasteiger partial charge in [-0.3, -0.25) is 9.78 Å². The van der Waals surface area contributed by atoms with Crippen LogP contribution < -0.4 is 10.1 Å². The number of amides is 1. The Balaban J connectivity index is 1.56. The molecule has 0 aliphatic rings. The maximum Gasteiger partial charge on any atom is 0.316 e. The Kier molecular flexibility index (Phi) is 4.29. The van der Waals surface area contributed by atoms with Gasteiger partial charge in [-0.15, -0.1) is 0 Å². The summed E-state index contributed by atoms with van der Waals surface area (Å²) in [6.07, 6.45) is 3.34. The van der Waals surface area contributed by atoms with E-state index >= 15 is 0 Å². The minimum Gasteiger partial charge on any atom is -0.497 e. The number of carbonyl (C=O) groups is 1. The van der Waals surface area contributed by atoms with E-state index < -0.39 is 5.91 Å². The second-order valence-electron chi connectivity index (χ2n) is 5.89. The number of aryl methyl sites for hydroxylation is 1. The molecule has 8 nitrogen and oxygen atoms in total. The van der Waals surface area contributed by atoms with Crippen LogP contribution in [0.2, 0.25) is 0 Å². The number of nitrogens with one attached hydrogen (secondary N) is 1. The Labute approximate surface area is 154 Å². The maximum atomic E-state index is 12.2. The second-order valence-corrected chi connectivity index (χ2v) is 5.89. The van der Waals surface area contributed by atoms with Gasteiger partial charge in [-0.1, -0.05) is 11.2 Å². The molecule has 8 heteroatoms. The van der Waals surface area contributed by atoms with Crippen molar-refractivity contribution in [3.8, 4) is 17.3 Å². The number of methoxy groups -OCH3 is 1. The van der Waals surface area contributed by atoms with Crippen molar-refractivity contribution in [2.75, 3.05) is 7.11 Å². The summed E-state index contributed by atoms with van der Waals surface area (Å²) in [6.45, 7) is 2.20. The van der Waals surface area contributed by atoms with Crippen LogP contribution in [0, 0.1) is 6.92 Å². The molecule has 0 aliphatic carbocycles. The van der Waals surface area contributed by atoms with E-state index in [1.165, 1.54) is 0 Å². The van der Waals surface area contributed by atoms with Crippen molar-refractivity contribution in [2.24, 2.45) is 0 Å². The zero-order valence-electron chi connectivity index (χ0n) is 14.7. The molecule has 0 saturated heterocycles. The first-order valence-corrected chi connectivity index (χ1v) is 8.24. The monoisotopic (exact) mass is 364 g/mol. The fourth-order valence-corrected chi connectivity index (χ4v) is 2.71. The normalized spacial score (nSPS) is 10.9. The van der Waals surface area contributed by atoms with E-state index in [0.717, 1.165) is 22.3 Å². The Morgan fingerprint density at radius 2 is 2.19 bits per heavy atom. The summed E-state index contributed by atoms with van der Waals surface area (Å²) in [5, 5.41) is 7.48. The van der Waals surface area contributed by atoms with E-state index in [9.17, 15) is 4.79 Å². The Morgan fingerprint density at radius 3 is 2.96 bits per heavy atom. The summed E-state index contributed by atoms with van der Waals surface area (Å²) in [7, 11) is 1.60. The summed E-state index contributed by atoms with van der Waals surface area (Å²) >= 11 is 0. The molecule has 3 heterocycles. The van der Waals surface area contributed by atoms with Crippen LogP contribution in [0.4, 0.5) is 0 Å². The van der Waals surface area contributed by atoms with Gasteiger partial charge in [0.2, 0.25) is 5.82 Å². The molecule has 0 radical (unpaired) electrons. The average Bonchev–Trinajstić information content (AvgIpc) is 3.32. The molecule has 0 bridgehead atoms. The molecule has 136 valence electrons. The molecule has 1 amide bonds. The van der Waals surface area contributed by atoms with Crippen LogP contribution in [0.3, 0.4) is 0 Å². The predicted molar refractivity (Wildman–Crippen MR) is 96.2 cm³/mol. The van der Waals surface area contributed by atoms with Gasteiger partial charge in [0.1, 0.15) is 11.3 Å². The van der Waals surface area contributed by atoms with Crippen LogP contribution in [-0.2, 0) is 6.54 Å². The molecule has 0 fully saturated rings. The number of aromatic nitrogens is 3. The molecule has 1 aromatic carbocycles. The Morgan fingerprint density at radius 1 is 1.30 bits per heavy atom. The van der Waals surface area contributed by atoms with E-state index in [1.807, 2.05) is 31.2 Å². The van der Waals surface area contributed by atoms with Crippen molar-refractivity contribution < 1.29 is 18.5 Å². The first-order valence-electron chi connectivity index (χ1n) is 8.24. The first kappa shape index (κ1) is 16.8. The van der Waals surface area contributed by atoms with Gasteiger partial charge in [-0.2, -0.15) is 4.98 Å². The number of hydrogen-bond donors (Lipinski definition) is 1. The van der Waals surface area contributed by atoms with Crippen LogP contribution in [0.5, 0.6) is 5.75 Å². The highest BCUT2D eigenvalue weighted by molar-refractivity contribution is 5.91. The summed E-state index contributed by atoms with van der Waals surface area (Å²) in [4.78, 5) is 20.4. The van der Waals surface area contributed by atoms with Gasteiger partial charge < -0.3 is 19.0 Å². The van der Waals surface area contributed by atoms with E-state index in [-0.39, 0.29) is 11.7 Å². The van der Waals surface area contributed by atoms with Crippen LogP contribution in [-0.4, -0.2) is 28.1 Å². The van der Waals surface area contributed by atoms with E-state index in [0.29, 0.717) is 17.9 Å². The third-order valence-electron chi connectivity index (χ3n) is 4.14. The van der Waals surface area contributed by atoms with Gasteiger partial charge >= 0.3 is 11.8 Å². The standard InChI is InChI=1S/C19H16N4O4/c1-11-14-8-13(25-2)5-6-15(14)26-16(11)17-22-19(27-23-17)18(24)21-10-12-4-3-7-20-9-12/h3-9H,10H2,1-2H3,(H,21,24). The fourth-order valence-electron chi connectivity index (χ4n) is 2.71. The van der Waals surface area contributed by atoms with Crippen molar-refractivity contribution in [3.63, 3.8) is 0 Å². The molecule has 0 spiro atoms. The zero-order chi connectivity index (χ0) is 18.8. The molecule has 27 heavy (non-hydrogen) atoms. The van der Waals surface area contributed by atoms with Crippen molar-refractivity contribution >= 4 is 16.9 Å². The highest BCUT2D eigenvalue weighted by Crippen LogP contribution is 2.33. The second kappa shape index (κ2) is 6.91. The maximum absolute atomic E-state index is 12.2. The Hall–Kier alpha value is -3.68. The first-order chi connectivity index (χ1) is 13.2. The number of benzene rings is 1. The summed E-state index contributed by atoms with van der Waals surface area (Å²) in [5.74, 6) is 0.795. The highest BCUT2D eigenvalue weighted by Gasteiger charge is 2.21. The molecule has 0 aliphatic heterocycles. The number of ether oxygens (including phenoxy) is 1. The van der Waals surface area contributed by atoms with Gasteiger partial charge in [-0.05, 0) is 36.8 Å². The lowest BCUT2D eigenvalue weighted by Gasteiger charge is -2.00. The van der Waals surface area contributed by atoms with E-state index in [2.05, 4.69) is 20.4 Å².